The van der Waals surface area contributed by atoms with Crippen molar-refractivity contribution in [1.82, 2.24) is 4.98 Å². The molecule has 0 bridgehead atoms. The van der Waals surface area contributed by atoms with E-state index in [1.165, 1.54) is 0 Å². The average molecular weight is 744 g/mol. The van der Waals surface area contributed by atoms with Crippen molar-refractivity contribution in [1.29, 1.82) is 5.26 Å². The van der Waals surface area contributed by atoms with E-state index in [2.05, 4.69) is 96.1 Å². The zero-order chi connectivity index (χ0) is 39.6. The second kappa shape index (κ2) is 13.4. The number of hydrogen-bond donors (Lipinski definition) is 1. The van der Waals surface area contributed by atoms with Crippen molar-refractivity contribution in [2.24, 2.45) is 4.99 Å². The number of rotatable bonds is 5. The van der Waals surface area contributed by atoms with Gasteiger partial charge in [0.05, 0.1) is 22.9 Å². The number of aromatic nitrogens is 1. The van der Waals surface area contributed by atoms with Crippen molar-refractivity contribution in [3.05, 3.63) is 150 Å². The summed E-state index contributed by atoms with van der Waals surface area (Å²) in [6.07, 6.45) is 1.73. The Bertz CT molecular complexity index is 3110. The average Bonchev–Trinajstić information content (AvgIpc) is 3.81. The molecule has 278 valence electrons. The van der Waals surface area contributed by atoms with Crippen LogP contribution in [0, 0.1) is 11.3 Å². The highest BCUT2D eigenvalue weighted by atomic mass is 16.3. The zero-order valence-corrected chi connectivity index (χ0v) is 32.8. The van der Waals surface area contributed by atoms with Gasteiger partial charge in [-0.2, -0.15) is 5.26 Å². The van der Waals surface area contributed by atoms with Crippen LogP contribution in [0.3, 0.4) is 0 Å². The number of phenols is 1. The molecule has 0 aliphatic heterocycles. The summed E-state index contributed by atoms with van der Waals surface area (Å²) in [4.78, 5) is 10.3. The first-order chi connectivity index (χ1) is 27.4. The highest BCUT2D eigenvalue weighted by molar-refractivity contribution is 6.17. The van der Waals surface area contributed by atoms with Crippen LogP contribution in [0.15, 0.2) is 141 Å². The molecular formula is C51H41N3O3. The number of aromatic hydroxyl groups is 1. The van der Waals surface area contributed by atoms with Crippen molar-refractivity contribution in [2.75, 3.05) is 0 Å². The SMILES string of the molecule is CC(C)(C)c1ccc(O)c(C=Nc2c(-c3nc4c(-c5ccc(-c6ccc(C#N)cc6)c6c5oc5ccccc56)cc(C(C)(C)C)cc4o3)ccc3ccccc23)c1. The lowest BCUT2D eigenvalue weighted by atomic mass is 9.84. The van der Waals surface area contributed by atoms with Crippen LogP contribution in [0.1, 0.15) is 63.8 Å². The second-order valence-corrected chi connectivity index (χ2v) is 16.8. The van der Waals surface area contributed by atoms with E-state index in [-0.39, 0.29) is 16.6 Å². The maximum Gasteiger partial charge on any atom is 0.229 e. The maximum atomic E-state index is 10.9. The lowest BCUT2D eigenvalue weighted by Crippen LogP contribution is -2.11. The molecule has 0 aliphatic carbocycles. The molecule has 2 heterocycles. The van der Waals surface area contributed by atoms with Gasteiger partial charge in [-0.1, -0.05) is 114 Å². The third-order valence-electron chi connectivity index (χ3n) is 10.9. The van der Waals surface area contributed by atoms with Crippen LogP contribution in [0.4, 0.5) is 5.69 Å². The Kier molecular flexibility index (Phi) is 8.37. The number of aliphatic imine (C=N–C) groups is 1. The van der Waals surface area contributed by atoms with E-state index in [0.29, 0.717) is 33.8 Å². The zero-order valence-electron chi connectivity index (χ0n) is 32.8. The smallest absolute Gasteiger partial charge is 0.229 e. The summed E-state index contributed by atoms with van der Waals surface area (Å²) in [5, 5.41) is 24.3. The van der Waals surface area contributed by atoms with E-state index in [1.54, 1.807) is 12.3 Å². The molecule has 0 radical (unpaired) electrons. The van der Waals surface area contributed by atoms with Crippen molar-refractivity contribution < 1.29 is 13.9 Å². The lowest BCUT2D eigenvalue weighted by molar-refractivity contribution is 0.473. The molecule has 0 amide bonds. The number of nitriles is 1. The molecule has 0 saturated carbocycles. The number of phenolic OH excluding ortho intramolecular Hbond substituents is 1. The fourth-order valence-corrected chi connectivity index (χ4v) is 7.61. The molecule has 6 nitrogen and oxygen atoms in total. The van der Waals surface area contributed by atoms with Gasteiger partial charge in [0.2, 0.25) is 5.89 Å². The van der Waals surface area contributed by atoms with Crippen LogP contribution in [-0.4, -0.2) is 16.3 Å². The fourth-order valence-electron chi connectivity index (χ4n) is 7.61. The van der Waals surface area contributed by atoms with Crippen LogP contribution in [0.25, 0.3) is 77.5 Å². The van der Waals surface area contributed by atoms with Gasteiger partial charge in [0, 0.05) is 39.1 Å². The fraction of sp³-hybridized carbons (Fsp3) is 0.157. The molecule has 6 heteroatoms. The minimum absolute atomic E-state index is 0.0966. The number of benzene rings is 7. The second-order valence-electron chi connectivity index (χ2n) is 16.8. The van der Waals surface area contributed by atoms with Crippen LogP contribution in [0.2, 0.25) is 0 Å². The molecule has 1 N–H and O–H groups in total. The molecule has 0 saturated heterocycles. The molecule has 0 aliphatic rings. The number of hydrogen-bond acceptors (Lipinski definition) is 6. The number of para-hydroxylation sites is 1. The van der Waals surface area contributed by atoms with Crippen molar-refractivity contribution in [3.8, 4) is 45.5 Å². The molecule has 9 aromatic rings. The molecule has 0 fully saturated rings. The number of nitrogens with zero attached hydrogens (tertiary/aromatic N) is 3. The Hall–Kier alpha value is -6.97. The molecule has 9 rings (SSSR count). The van der Waals surface area contributed by atoms with E-state index >= 15 is 0 Å². The normalized spacial score (nSPS) is 12.4. The highest BCUT2D eigenvalue weighted by Gasteiger charge is 2.25. The third kappa shape index (κ3) is 6.32. The summed E-state index contributed by atoms with van der Waals surface area (Å²) in [6.45, 7) is 13.0. The first-order valence-electron chi connectivity index (χ1n) is 19.2. The van der Waals surface area contributed by atoms with Crippen LogP contribution in [-0.2, 0) is 10.8 Å². The number of furan rings is 1. The summed E-state index contributed by atoms with van der Waals surface area (Å²) in [5.74, 6) is 0.606. The Balaban J connectivity index is 1.27. The van der Waals surface area contributed by atoms with Gasteiger partial charge in [0.1, 0.15) is 22.4 Å². The Morgan fingerprint density at radius 1 is 0.649 bits per heavy atom. The first-order valence-corrected chi connectivity index (χ1v) is 19.2. The van der Waals surface area contributed by atoms with Crippen LogP contribution >= 0.6 is 0 Å². The topological polar surface area (TPSA) is 95.6 Å². The largest absolute Gasteiger partial charge is 0.507 e. The predicted molar refractivity (Wildman–Crippen MR) is 233 cm³/mol. The predicted octanol–water partition coefficient (Wildman–Crippen LogP) is 13.8. The van der Waals surface area contributed by atoms with Gasteiger partial charge in [-0.15, -0.1) is 0 Å². The van der Waals surface area contributed by atoms with E-state index in [4.69, 9.17) is 18.8 Å². The first kappa shape index (κ1) is 35.7. The lowest BCUT2D eigenvalue weighted by Gasteiger charge is -2.20. The number of fused-ring (bicyclic) bond motifs is 5. The van der Waals surface area contributed by atoms with Gasteiger partial charge in [-0.25, -0.2) is 4.98 Å². The standard InChI is InChI=1S/C51H41N3O3/c1-50(2,3)34-20-24-42(55)33(25-34)29-53-46-37-12-8-7-11-31(37)19-21-40(46)49-54-47-41(26-35(51(4,5)6)27-44(47)57-49)38-23-22-36(32-17-15-30(28-52)16-18-32)45-39-13-9-10-14-43(39)56-48(38)45/h7-27,29,55H,1-6H3. The molecule has 57 heavy (non-hydrogen) atoms. The van der Waals surface area contributed by atoms with Gasteiger partial charge in [-0.05, 0) is 93.1 Å². The van der Waals surface area contributed by atoms with E-state index in [0.717, 1.165) is 71.7 Å². The van der Waals surface area contributed by atoms with Crippen molar-refractivity contribution in [2.45, 2.75) is 52.4 Å². The summed E-state index contributed by atoms with van der Waals surface area (Å²) in [6, 6.07) is 44.5. The summed E-state index contributed by atoms with van der Waals surface area (Å²) < 4.78 is 13.5. The Morgan fingerprint density at radius 2 is 1.35 bits per heavy atom. The van der Waals surface area contributed by atoms with E-state index < -0.39 is 0 Å². The van der Waals surface area contributed by atoms with Gasteiger partial charge >= 0.3 is 0 Å². The Labute approximate surface area is 331 Å². The van der Waals surface area contributed by atoms with Gasteiger partial charge < -0.3 is 13.9 Å². The van der Waals surface area contributed by atoms with Crippen molar-refractivity contribution in [3.63, 3.8) is 0 Å². The molecule has 0 unspecified atom stereocenters. The molecule has 7 aromatic carbocycles. The summed E-state index contributed by atoms with van der Waals surface area (Å²) in [7, 11) is 0. The molecule has 0 spiro atoms. The summed E-state index contributed by atoms with van der Waals surface area (Å²) >= 11 is 0. The monoisotopic (exact) mass is 743 g/mol. The highest BCUT2D eigenvalue weighted by Crippen LogP contribution is 2.46. The van der Waals surface area contributed by atoms with Crippen LogP contribution < -0.4 is 0 Å². The van der Waals surface area contributed by atoms with Crippen LogP contribution in [0.5, 0.6) is 5.75 Å². The maximum absolute atomic E-state index is 10.9. The summed E-state index contributed by atoms with van der Waals surface area (Å²) in [5.41, 5.74) is 11.3. The van der Waals surface area contributed by atoms with Gasteiger partial charge in [-0.3, -0.25) is 4.99 Å². The minimum Gasteiger partial charge on any atom is -0.507 e. The molecule has 2 aromatic heterocycles. The van der Waals surface area contributed by atoms with E-state index in [9.17, 15) is 10.4 Å². The van der Waals surface area contributed by atoms with Gasteiger partial charge in [0.15, 0.2) is 5.58 Å². The minimum atomic E-state index is -0.201. The van der Waals surface area contributed by atoms with E-state index in [1.807, 2.05) is 72.8 Å². The number of oxazole rings is 1. The quantitative estimate of drug-likeness (QED) is 0.177. The molecular weight excluding hydrogens is 703 g/mol. The third-order valence-corrected chi connectivity index (χ3v) is 10.9. The Morgan fingerprint density at radius 3 is 2.11 bits per heavy atom. The van der Waals surface area contributed by atoms with Crippen molar-refractivity contribution >= 4 is 55.7 Å². The van der Waals surface area contributed by atoms with Gasteiger partial charge in [0.25, 0.3) is 0 Å². The molecule has 0 atom stereocenters.